The topological polar surface area (TPSA) is 28.2 Å². The Balaban J connectivity index is 2.00. The van der Waals surface area contributed by atoms with Crippen LogP contribution in [0, 0.1) is 0 Å². The highest BCUT2D eigenvalue weighted by Gasteiger charge is 2.11. The summed E-state index contributed by atoms with van der Waals surface area (Å²) < 4.78 is 0. The minimum Gasteiger partial charge on any atom is -0.347 e. The molecule has 0 aliphatic carbocycles. The molecule has 0 bridgehead atoms. The molecular formula is C13H19N3S2. The van der Waals surface area contributed by atoms with Crippen molar-refractivity contribution in [2.24, 2.45) is 0 Å². The summed E-state index contributed by atoms with van der Waals surface area (Å²) in [4.78, 5) is 8.01. The number of hydrogen-bond acceptors (Lipinski definition) is 5. The standard InChI is InChI=1S/C13H19N3S2/c1-4-14-10(2)12-7-15-13(18-12)16(3)8-11-5-6-17-9-11/h5-7,9-10,14H,4,8H2,1-3H3. The lowest BCUT2D eigenvalue weighted by atomic mass is 10.3. The van der Waals surface area contributed by atoms with Crippen LogP contribution in [0.1, 0.15) is 30.3 Å². The second-order valence-corrected chi connectivity index (χ2v) is 6.13. The van der Waals surface area contributed by atoms with Crippen molar-refractivity contribution in [2.45, 2.75) is 26.4 Å². The van der Waals surface area contributed by atoms with Crippen molar-refractivity contribution in [1.29, 1.82) is 0 Å². The summed E-state index contributed by atoms with van der Waals surface area (Å²) >= 11 is 3.51. The third-order valence-electron chi connectivity index (χ3n) is 2.77. The quantitative estimate of drug-likeness (QED) is 0.878. The highest BCUT2D eigenvalue weighted by molar-refractivity contribution is 7.15. The second-order valence-electron chi connectivity index (χ2n) is 4.31. The van der Waals surface area contributed by atoms with Crippen molar-refractivity contribution in [3.05, 3.63) is 33.5 Å². The van der Waals surface area contributed by atoms with Gasteiger partial charge >= 0.3 is 0 Å². The number of nitrogens with zero attached hydrogens (tertiary/aromatic N) is 2. The molecule has 0 amide bonds. The number of aromatic nitrogens is 1. The van der Waals surface area contributed by atoms with Gasteiger partial charge in [-0.3, -0.25) is 0 Å². The van der Waals surface area contributed by atoms with E-state index in [0.29, 0.717) is 6.04 Å². The van der Waals surface area contributed by atoms with Crippen LogP contribution in [0.3, 0.4) is 0 Å². The van der Waals surface area contributed by atoms with E-state index in [2.05, 4.69) is 52.9 Å². The van der Waals surface area contributed by atoms with Crippen LogP contribution in [0.4, 0.5) is 5.13 Å². The lowest BCUT2D eigenvalue weighted by molar-refractivity contribution is 0.606. The van der Waals surface area contributed by atoms with Crippen LogP contribution < -0.4 is 10.2 Å². The first-order valence-electron chi connectivity index (χ1n) is 6.12. The number of hydrogen-bond donors (Lipinski definition) is 1. The maximum atomic E-state index is 4.51. The van der Waals surface area contributed by atoms with Gasteiger partial charge in [-0.25, -0.2) is 4.98 Å². The maximum Gasteiger partial charge on any atom is 0.185 e. The number of thiophene rings is 1. The summed E-state index contributed by atoms with van der Waals surface area (Å²) in [7, 11) is 2.10. The predicted octanol–water partition coefficient (Wildman–Crippen LogP) is 3.51. The Morgan fingerprint density at radius 2 is 2.33 bits per heavy atom. The van der Waals surface area contributed by atoms with Crippen molar-refractivity contribution in [1.82, 2.24) is 10.3 Å². The smallest absolute Gasteiger partial charge is 0.185 e. The van der Waals surface area contributed by atoms with Gasteiger partial charge in [0.25, 0.3) is 0 Å². The van der Waals surface area contributed by atoms with Crippen molar-refractivity contribution >= 4 is 27.8 Å². The van der Waals surface area contributed by atoms with Gasteiger partial charge < -0.3 is 10.2 Å². The van der Waals surface area contributed by atoms with Gasteiger partial charge in [-0.1, -0.05) is 6.92 Å². The molecule has 0 saturated heterocycles. The molecular weight excluding hydrogens is 262 g/mol. The fourth-order valence-corrected chi connectivity index (χ4v) is 3.35. The normalized spacial score (nSPS) is 12.6. The molecule has 0 aliphatic heterocycles. The summed E-state index contributed by atoms with van der Waals surface area (Å²) in [6, 6.07) is 2.55. The predicted molar refractivity (Wildman–Crippen MR) is 80.6 cm³/mol. The van der Waals surface area contributed by atoms with Crippen molar-refractivity contribution in [3.8, 4) is 0 Å². The third kappa shape index (κ3) is 3.31. The molecule has 18 heavy (non-hydrogen) atoms. The Morgan fingerprint density at radius 3 is 3.00 bits per heavy atom. The third-order valence-corrected chi connectivity index (χ3v) is 4.80. The minimum absolute atomic E-state index is 0.385. The van der Waals surface area contributed by atoms with E-state index in [-0.39, 0.29) is 0 Å². The zero-order chi connectivity index (χ0) is 13.0. The van der Waals surface area contributed by atoms with Gasteiger partial charge in [0.2, 0.25) is 0 Å². The molecule has 1 atom stereocenters. The zero-order valence-electron chi connectivity index (χ0n) is 11.0. The summed E-state index contributed by atoms with van der Waals surface area (Å²) in [5, 5.41) is 8.80. The first-order valence-corrected chi connectivity index (χ1v) is 7.88. The molecule has 0 aliphatic rings. The summed E-state index contributed by atoms with van der Waals surface area (Å²) in [6.07, 6.45) is 1.98. The molecule has 1 unspecified atom stereocenters. The van der Waals surface area contributed by atoms with Crippen LogP contribution in [-0.4, -0.2) is 18.6 Å². The van der Waals surface area contributed by atoms with Crippen LogP contribution in [0.5, 0.6) is 0 Å². The van der Waals surface area contributed by atoms with E-state index in [1.807, 2.05) is 6.20 Å². The summed E-state index contributed by atoms with van der Waals surface area (Å²) in [5.74, 6) is 0. The van der Waals surface area contributed by atoms with Crippen molar-refractivity contribution in [3.63, 3.8) is 0 Å². The Morgan fingerprint density at radius 1 is 1.50 bits per heavy atom. The van der Waals surface area contributed by atoms with Gasteiger partial charge in [-0.05, 0) is 35.9 Å². The highest BCUT2D eigenvalue weighted by Crippen LogP contribution is 2.27. The van der Waals surface area contributed by atoms with Crippen molar-refractivity contribution in [2.75, 3.05) is 18.5 Å². The molecule has 2 heterocycles. The lowest BCUT2D eigenvalue weighted by Crippen LogP contribution is -2.16. The monoisotopic (exact) mass is 281 g/mol. The average Bonchev–Trinajstić information content (AvgIpc) is 2.99. The molecule has 1 N–H and O–H groups in total. The highest BCUT2D eigenvalue weighted by atomic mass is 32.1. The SMILES string of the molecule is CCNC(C)c1cnc(N(C)Cc2ccsc2)s1. The van der Waals surface area contributed by atoms with E-state index in [1.165, 1.54) is 10.4 Å². The Kier molecular flexibility index (Phi) is 4.74. The average molecular weight is 281 g/mol. The molecule has 0 spiro atoms. The number of nitrogens with one attached hydrogen (secondary N) is 1. The van der Waals surface area contributed by atoms with Gasteiger partial charge in [0, 0.05) is 30.7 Å². The fourth-order valence-electron chi connectivity index (χ4n) is 1.78. The summed E-state index contributed by atoms with van der Waals surface area (Å²) in [5.41, 5.74) is 1.35. The molecule has 0 saturated carbocycles. The van der Waals surface area contributed by atoms with E-state index in [4.69, 9.17) is 0 Å². The minimum atomic E-state index is 0.385. The Bertz CT molecular complexity index is 464. The molecule has 2 rings (SSSR count). The van der Waals surface area contributed by atoms with Crippen molar-refractivity contribution < 1.29 is 0 Å². The van der Waals surface area contributed by atoms with Crippen LogP contribution in [-0.2, 0) is 6.54 Å². The molecule has 0 radical (unpaired) electrons. The van der Waals surface area contributed by atoms with Gasteiger partial charge in [0.05, 0.1) is 0 Å². The molecule has 0 aromatic carbocycles. The van der Waals surface area contributed by atoms with Gasteiger partial charge in [0.1, 0.15) is 0 Å². The summed E-state index contributed by atoms with van der Waals surface area (Å²) in [6.45, 7) is 6.21. The largest absolute Gasteiger partial charge is 0.347 e. The fraction of sp³-hybridized carbons (Fsp3) is 0.462. The molecule has 2 aromatic heterocycles. The zero-order valence-corrected chi connectivity index (χ0v) is 12.6. The molecule has 2 aromatic rings. The first-order chi connectivity index (χ1) is 8.70. The van der Waals surface area contributed by atoms with E-state index in [0.717, 1.165) is 18.2 Å². The molecule has 5 heteroatoms. The van der Waals surface area contributed by atoms with Gasteiger partial charge in [-0.2, -0.15) is 11.3 Å². The number of thiazole rings is 1. The van der Waals surface area contributed by atoms with Crippen LogP contribution in [0.15, 0.2) is 23.0 Å². The maximum absolute atomic E-state index is 4.51. The Labute approximate surface area is 116 Å². The molecule has 3 nitrogen and oxygen atoms in total. The number of anilines is 1. The lowest BCUT2D eigenvalue weighted by Gasteiger charge is -2.14. The molecule has 98 valence electrons. The number of rotatable bonds is 6. The van der Waals surface area contributed by atoms with Gasteiger partial charge in [-0.15, -0.1) is 11.3 Å². The van der Waals surface area contributed by atoms with Crippen LogP contribution in [0.2, 0.25) is 0 Å². The first kappa shape index (κ1) is 13.5. The van der Waals surface area contributed by atoms with E-state index in [1.54, 1.807) is 22.7 Å². The van der Waals surface area contributed by atoms with E-state index in [9.17, 15) is 0 Å². The Hall–Kier alpha value is -0.910. The van der Waals surface area contributed by atoms with E-state index < -0.39 is 0 Å². The van der Waals surface area contributed by atoms with E-state index >= 15 is 0 Å². The van der Waals surface area contributed by atoms with Crippen LogP contribution >= 0.6 is 22.7 Å². The second kappa shape index (κ2) is 6.31. The molecule has 0 fully saturated rings. The van der Waals surface area contributed by atoms with Crippen LogP contribution in [0.25, 0.3) is 0 Å². The van der Waals surface area contributed by atoms with Gasteiger partial charge in [0.15, 0.2) is 5.13 Å².